The lowest BCUT2D eigenvalue weighted by Crippen LogP contribution is -1.87. The molecule has 2 heterocycles. The Labute approximate surface area is 111 Å². The molecule has 3 nitrogen and oxygen atoms in total. The molecule has 3 aromatic rings. The van der Waals surface area contributed by atoms with E-state index < -0.39 is 0 Å². The fraction of sp³-hybridized carbons (Fsp3) is 0. The van der Waals surface area contributed by atoms with Crippen molar-refractivity contribution in [3.63, 3.8) is 0 Å². The third-order valence-electron chi connectivity index (χ3n) is 2.54. The van der Waals surface area contributed by atoms with Gasteiger partial charge < -0.3 is 4.98 Å². The van der Waals surface area contributed by atoms with Crippen LogP contribution in [0.3, 0.4) is 0 Å². The summed E-state index contributed by atoms with van der Waals surface area (Å²) < 4.78 is 0.957. The first-order chi connectivity index (χ1) is 8.25. The second kappa shape index (κ2) is 4.13. The Morgan fingerprint density at radius 1 is 1.12 bits per heavy atom. The number of nitrogens with one attached hydrogen (secondary N) is 1. The molecule has 0 radical (unpaired) electrons. The summed E-state index contributed by atoms with van der Waals surface area (Å²) in [7, 11) is 0. The molecule has 0 saturated carbocycles. The molecule has 0 atom stereocenters. The van der Waals surface area contributed by atoms with E-state index in [1.54, 1.807) is 6.33 Å². The number of halogens is 2. The minimum absolute atomic E-state index is 0.715. The molecule has 0 unspecified atom stereocenters. The summed E-state index contributed by atoms with van der Waals surface area (Å²) in [5.74, 6) is 0. The van der Waals surface area contributed by atoms with Crippen LogP contribution in [0.25, 0.3) is 22.3 Å². The van der Waals surface area contributed by atoms with Crippen LogP contribution >= 0.6 is 27.5 Å². The van der Waals surface area contributed by atoms with Crippen LogP contribution in [0.15, 0.2) is 41.3 Å². The second-order valence-corrected chi connectivity index (χ2v) is 4.88. The highest BCUT2D eigenvalue weighted by molar-refractivity contribution is 9.10. The van der Waals surface area contributed by atoms with Crippen molar-refractivity contribution in [2.75, 3.05) is 0 Å². The molecule has 0 aliphatic carbocycles. The van der Waals surface area contributed by atoms with Crippen LogP contribution in [0.2, 0.25) is 5.02 Å². The zero-order valence-corrected chi connectivity index (χ0v) is 11.0. The molecular weight excluding hydrogens is 302 g/mol. The topological polar surface area (TPSA) is 41.6 Å². The Bertz CT molecular complexity index is 676. The van der Waals surface area contributed by atoms with E-state index >= 15 is 0 Å². The predicted molar refractivity (Wildman–Crippen MR) is 72.0 cm³/mol. The monoisotopic (exact) mass is 307 g/mol. The summed E-state index contributed by atoms with van der Waals surface area (Å²) in [6, 6.07) is 7.60. The molecule has 17 heavy (non-hydrogen) atoms. The Morgan fingerprint density at radius 2 is 1.88 bits per heavy atom. The zero-order valence-electron chi connectivity index (χ0n) is 8.61. The van der Waals surface area contributed by atoms with Gasteiger partial charge in [0.05, 0.1) is 11.1 Å². The van der Waals surface area contributed by atoms with E-state index in [1.165, 1.54) is 0 Å². The quantitative estimate of drug-likeness (QED) is 0.737. The Morgan fingerprint density at radius 3 is 2.65 bits per heavy atom. The SMILES string of the molecule is Clc1ccc(-c2ncnc3[nH]cc(Br)c23)cc1. The summed E-state index contributed by atoms with van der Waals surface area (Å²) in [5.41, 5.74) is 2.72. The van der Waals surface area contributed by atoms with Gasteiger partial charge in [0.2, 0.25) is 0 Å². The van der Waals surface area contributed by atoms with Crippen molar-refractivity contribution in [1.29, 1.82) is 0 Å². The smallest absolute Gasteiger partial charge is 0.142 e. The second-order valence-electron chi connectivity index (χ2n) is 3.59. The van der Waals surface area contributed by atoms with Crippen LogP contribution < -0.4 is 0 Å². The van der Waals surface area contributed by atoms with Crippen molar-refractivity contribution in [2.24, 2.45) is 0 Å². The summed E-state index contributed by atoms with van der Waals surface area (Å²) in [6.07, 6.45) is 3.41. The number of benzene rings is 1. The standard InChI is InChI=1S/C12H7BrClN3/c13-9-5-15-12-10(9)11(16-6-17-12)7-1-3-8(14)4-2-7/h1-6H,(H,15,16,17). The minimum Gasteiger partial charge on any atom is -0.345 e. The molecular formula is C12H7BrClN3. The average molecular weight is 309 g/mol. The Hall–Kier alpha value is -1.39. The van der Waals surface area contributed by atoms with Crippen LogP contribution in [-0.4, -0.2) is 15.0 Å². The van der Waals surface area contributed by atoms with Crippen molar-refractivity contribution in [1.82, 2.24) is 15.0 Å². The lowest BCUT2D eigenvalue weighted by Gasteiger charge is -2.02. The molecule has 0 saturated heterocycles. The molecule has 84 valence electrons. The number of nitrogens with zero attached hydrogens (tertiary/aromatic N) is 2. The summed E-state index contributed by atoms with van der Waals surface area (Å²) in [6.45, 7) is 0. The summed E-state index contributed by atoms with van der Waals surface area (Å²) in [4.78, 5) is 11.6. The van der Waals surface area contributed by atoms with Crippen LogP contribution in [0.1, 0.15) is 0 Å². The van der Waals surface area contributed by atoms with Crippen LogP contribution in [0.4, 0.5) is 0 Å². The first-order valence-electron chi connectivity index (χ1n) is 4.99. The van der Waals surface area contributed by atoms with Gasteiger partial charge >= 0.3 is 0 Å². The fourth-order valence-electron chi connectivity index (χ4n) is 1.75. The first-order valence-corrected chi connectivity index (χ1v) is 6.16. The summed E-state index contributed by atoms with van der Waals surface area (Å²) in [5, 5.41) is 1.70. The Balaban J connectivity index is 2.29. The summed E-state index contributed by atoms with van der Waals surface area (Å²) >= 11 is 9.37. The normalized spacial score (nSPS) is 10.9. The van der Waals surface area contributed by atoms with Gasteiger partial charge in [-0.1, -0.05) is 23.7 Å². The van der Waals surface area contributed by atoms with E-state index in [1.807, 2.05) is 30.5 Å². The molecule has 0 fully saturated rings. The maximum Gasteiger partial charge on any atom is 0.142 e. The van der Waals surface area contributed by atoms with Gasteiger partial charge in [0.1, 0.15) is 12.0 Å². The van der Waals surface area contributed by atoms with Crippen molar-refractivity contribution >= 4 is 38.6 Å². The molecule has 0 amide bonds. The van der Waals surface area contributed by atoms with Gasteiger partial charge in [-0.15, -0.1) is 0 Å². The highest BCUT2D eigenvalue weighted by Crippen LogP contribution is 2.31. The average Bonchev–Trinajstić information content (AvgIpc) is 2.73. The number of aromatic amines is 1. The molecule has 1 N–H and O–H groups in total. The lowest BCUT2D eigenvalue weighted by molar-refractivity contribution is 1.20. The number of aromatic nitrogens is 3. The van der Waals surface area contributed by atoms with Crippen LogP contribution in [-0.2, 0) is 0 Å². The van der Waals surface area contributed by atoms with E-state index in [2.05, 4.69) is 30.9 Å². The van der Waals surface area contributed by atoms with Gasteiger partial charge in [-0.25, -0.2) is 9.97 Å². The third-order valence-corrected chi connectivity index (χ3v) is 3.42. The molecule has 3 rings (SSSR count). The highest BCUT2D eigenvalue weighted by atomic mass is 79.9. The predicted octanol–water partition coefficient (Wildman–Crippen LogP) is 4.04. The van der Waals surface area contributed by atoms with E-state index in [9.17, 15) is 0 Å². The van der Waals surface area contributed by atoms with Gasteiger partial charge in [-0.3, -0.25) is 0 Å². The molecule has 5 heteroatoms. The first kappa shape index (κ1) is 10.7. The van der Waals surface area contributed by atoms with E-state index in [-0.39, 0.29) is 0 Å². The maximum atomic E-state index is 5.88. The number of hydrogen-bond acceptors (Lipinski definition) is 2. The maximum absolute atomic E-state index is 5.88. The molecule has 0 aliphatic rings. The fourth-order valence-corrected chi connectivity index (χ4v) is 2.37. The van der Waals surface area contributed by atoms with Crippen molar-refractivity contribution in [2.45, 2.75) is 0 Å². The minimum atomic E-state index is 0.715. The Kier molecular flexibility index (Phi) is 2.61. The van der Waals surface area contributed by atoms with Crippen molar-refractivity contribution in [3.05, 3.63) is 46.3 Å². The lowest BCUT2D eigenvalue weighted by atomic mass is 10.1. The van der Waals surface area contributed by atoms with Gasteiger partial charge in [0.25, 0.3) is 0 Å². The molecule has 0 bridgehead atoms. The van der Waals surface area contributed by atoms with Gasteiger partial charge in [0, 0.05) is 21.3 Å². The number of fused-ring (bicyclic) bond motifs is 1. The highest BCUT2D eigenvalue weighted by Gasteiger charge is 2.10. The van der Waals surface area contributed by atoms with E-state index in [4.69, 9.17) is 11.6 Å². The van der Waals surface area contributed by atoms with E-state index in [0.717, 1.165) is 26.8 Å². The van der Waals surface area contributed by atoms with Crippen LogP contribution in [0.5, 0.6) is 0 Å². The van der Waals surface area contributed by atoms with Crippen LogP contribution in [0, 0.1) is 0 Å². The van der Waals surface area contributed by atoms with Gasteiger partial charge in [0.15, 0.2) is 0 Å². The molecule has 2 aromatic heterocycles. The number of rotatable bonds is 1. The van der Waals surface area contributed by atoms with Gasteiger partial charge in [-0.2, -0.15) is 0 Å². The van der Waals surface area contributed by atoms with Crippen molar-refractivity contribution < 1.29 is 0 Å². The number of hydrogen-bond donors (Lipinski definition) is 1. The largest absolute Gasteiger partial charge is 0.345 e. The molecule has 1 aromatic carbocycles. The number of H-pyrrole nitrogens is 1. The third kappa shape index (κ3) is 1.83. The van der Waals surface area contributed by atoms with E-state index in [0.29, 0.717) is 5.02 Å². The van der Waals surface area contributed by atoms with Gasteiger partial charge in [-0.05, 0) is 28.1 Å². The molecule has 0 aliphatic heterocycles. The zero-order chi connectivity index (χ0) is 11.8. The molecule has 0 spiro atoms. The van der Waals surface area contributed by atoms with Crippen molar-refractivity contribution in [3.8, 4) is 11.3 Å².